The minimum absolute atomic E-state index is 0.0215. The van der Waals surface area contributed by atoms with Crippen LogP contribution in [0.2, 0.25) is 0 Å². The average molecular weight is 628 g/mol. The summed E-state index contributed by atoms with van der Waals surface area (Å²) in [6.45, 7) is 6.73. The maximum atomic E-state index is 15.2. The van der Waals surface area contributed by atoms with Gasteiger partial charge in [0.2, 0.25) is 5.88 Å². The quantitative estimate of drug-likeness (QED) is 0.123. The Labute approximate surface area is 264 Å². The summed E-state index contributed by atoms with van der Waals surface area (Å²) in [6, 6.07) is 15.0. The van der Waals surface area contributed by atoms with Crippen LogP contribution in [0.25, 0.3) is 21.8 Å². The van der Waals surface area contributed by atoms with Gasteiger partial charge in [0.25, 0.3) is 5.91 Å². The molecule has 0 unspecified atom stereocenters. The lowest BCUT2D eigenvalue weighted by atomic mass is 10.1. The van der Waals surface area contributed by atoms with Crippen LogP contribution in [-0.2, 0) is 16.0 Å². The van der Waals surface area contributed by atoms with Gasteiger partial charge in [0.15, 0.2) is 28.8 Å². The van der Waals surface area contributed by atoms with Gasteiger partial charge in [-0.1, -0.05) is 17.7 Å². The minimum atomic E-state index is -0.649. The van der Waals surface area contributed by atoms with Gasteiger partial charge in [0, 0.05) is 42.7 Å². The van der Waals surface area contributed by atoms with Crippen LogP contribution >= 0.6 is 0 Å². The lowest BCUT2D eigenvalue weighted by Gasteiger charge is -2.26. The first kappa shape index (κ1) is 30.9. The first-order valence-corrected chi connectivity index (χ1v) is 15.0. The molecule has 0 bridgehead atoms. The summed E-state index contributed by atoms with van der Waals surface area (Å²) in [4.78, 5) is 22.2. The molecule has 6 rings (SSSR count). The second kappa shape index (κ2) is 13.9. The van der Waals surface area contributed by atoms with Crippen molar-refractivity contribution in [1.29, 1.82) is 0 Å². The van der Waals surface area contributed by atoms with Crippen LogP contribution in [0.5, 0.6) is 28.9 Å². The van der Waals surface area contributed by atoms with E-state index in [-0.39, 0.29) is 23.7 Å². The number of azo groups is 1. The van der Waals surface area contributed by atoms with Crippen molar-refractivity contribution in [3.63, 3.8) is 0 Å². The van der Waals surface area contributed by atoms with E-state index < -0.39 is 11.7 Å². The van der Waals surface area contributed by atoms with Gasteiger partial charge in [-0.2, -0.15) is 0 Å². The molecule has 46 heavy (non-hydrogen) atoms. The van der Waals surface area contributed by atoms with Crippen LogP contribution in [0.15, 0.2) is 71.0 Å². The van der Waals surface area contributed by atoms with Crippen LogP contribution in [0, 0.1) is 12.7 Å². The minimum Gasteiger partial charge on any atom is -0.493 e. The van der Waals surface area contributed by atoms with Gasteiger partial charge in [0.1, 0.15) is 5.75 Å². The number of hydrogen-bond donors (Lipinski definition) is 2. The molecule has 11 nitrogen and oxygen atoms in total. The summed E-state index contributed by atoms with van der Waals surface area (Å²) in [5, 5.41) is 19.2. The number of aromatic hydroxyl groups is 1. The molecule has 1 amide bonds. The Hall–Kier alpha value is -5.07. The molecule has 0 saturated carbocycles. The fraction of sp³-hybridized carbons (Fsp3) is 0.294. The third kappa shape index (κ3) is 7.08. The van der Waals surface area contributed by atoms with E-state index in [1.165, 1.54) is 12.1 Å². The van der Waals surface area contributed by atoms with Gasteiger partial charge in [-0.15, -0.1) is 10.2 Å². The second-order valence-electron chi connectivity index (χ2n) is 11.0. The number of rotatable bonds is 11. The Balaban J connectivity index is 1.11. The number of fused-ring (bicyclic) bond motifs is 2. The lowest BCUT2D eigenvalue weighted by Crippen LogP contribution is -2.37. The van der Waals surface area contributed by atoms with E-state index >= 15 is 4.39 Å². The van der Waals surface area contributed by atoms with E-state index in [1.54, 1.807) is 37.6 Å². The Kier molecular flexibility index (Phi) is 9.36. The zero-order chi connectivity index (χ0) is 32.0. The first-order chi connectivity index (χ1) is 22.4. The van der Waals surface area contributed by atoms with Crippen LogP contribution in [0.1, 0.15) is 17.5 Å². The molecule has 1 aliphatic heterocycles. The van der Waals surface area contributed by atoms with E-state index in [4.69, 9.17) is 18.9 Å². The average Bonchev–Trinajstić information content (AvgIpc) is 3.37. The molecule has 5 aromatic rings. The maximum absolute atomic E-state index is 15.2. The van der Waals surface area contributed by atoms with Crippen LogP contribution in [-0.4, -0.2) is 72.4 Å². The first-order valence-electron chi connectivity index (χ1n) is 15.0. The summed E-state index contributed by atoms with van der Waals surface area (Å²) in [6.07, 6.45) is 2.25. The Morgan fingerprint density at radius 1 is 1.04 bits per heavy atom. The highest BCUT2D eigenvalue weighted by molar-refractivity contribution is 5.95. The molecular formula is C34H34FN5O6. The molecule has 238 valence electrons. The summed E-state index contributed by atoms with van der Waals surface area (Å²) >= 11 is 0. The number of carbonyl (C=O) groups is 1. The Morgan fingerprint density at radius 2 is 1.89 bits per heavy atom. The van der Waals surface area contributed by atoms with Crippen molar-refractivity contribution < 1.29 is 33.2 Å². The molecule has 12 heteroatoms. The number of aryl methyl sites for hydroxylation is 1. The molecule has 0 aliphatic carbocycles. The molecule has 2 N–H and O–H groups in total. The number of halogens is 1. The van der Waals surface area contributed by atoms with E-state index in [0.29, 0.717) is 51.2 Å². The topological polar surface area (TPSA) is 131 Å². The Morgan fingerprint density at radius 3 is 2.70 bits per heavy atom. The molecule has 0 spiro atoms. The van der Waals surface area contributed by atoms with Crippen molar-refractivity contribution in [2.45, 2.75) is 19.8 Å². The number of morpholine rings is 1. The van der Waals surface area contributed by atoms with Crippen molar-refractivity contribution in [1.82, 2.24) is 14.9 Å². The van der Waals surface area contributed by atoms with E-state index in [9.17, 15) is 9.90 Å². The standard InChI is InChI=1S/C34H34FN5O6/c1-21-4-6-26-24(16-21)33(34(42)37-26)39-38-32(41)18-22-5-7-29(25(35)17-22)46-28-8-9-36-27-20-31(30(43-2)19-23(27)28)45-13-3-10-40-11-14-44-15-12-40/h4-9,16-17,19-20,37,42H,3,10-15,18H2,1-2H3. The molecular weight excluding hydrogens is 593 g/mol. The Bertz CT molecular complexity index is 1900. The van der Waals surface area contributed by atoms with Crippen molar-refractivity contribution >= 4 is 33.4 Å². The number of methoxy groups -OCH3 is 1. The smallest absolute Gasteiger partial charge is 0.269 e. The number of aromatic nitrogens is 2. The molecule has 1 saturated heterocycles. The molecule has 0 radical (unpaired) electrons. The van der Waals surface area contributed by atoms with E-state index in [1.807, 2.05) is 25.1 Å². The molecule has 3 heterocycles. The number of nitrogens with one attached hydrogen (secondary N) is 1. The number of pyridine rings is 1. The monoisotopic (exact) mass is 627 g/mol. The highest BCUT2D eigenvalue weighted by atomic mass is 19.1. The highest BCUT2D eigenvalue weighted by Crippen LogP contribution is 2.38. The molecule has 2 aromatic heterocycles. The second-order valence-corrected chi connectivity index (χ2v) is 11.0. The number of aromatic amines is 1. The maximum Gasteiger partial charge on any atom is 0.269 e. The third-order valence-electron chi connectivity index (χ3n) is 7.71. The number of nitrogens with zero attached hydrogens (tertiary/aromatic N) is 4. The number of H-pyrrole nitrogens is 1. The predicted molar refractivity (Wildman–Crippen MR) is 170 cm³/mol. The summed E-state index contributed by atoms with van der Waals surface area (Å²) in [7, 11) is 1.56. The largest absolute Gasteiger partial charge is 0.493 e. The fourth-order valence-electron chi connectivity index (χ4n) is 5.33. The van der Waals surface area contributed by atoms with Gasteiger partial charge in [0.05, 0.1) is 44.4 Å². The number of amides is 1. The highest BCUT2D eigenvalue weighted by Gasteiger charge is 2.16. The zero-order valence-corrected chi connectivity index (χ0v) is 25.6. The molecule has 0 atom stereocenters. The van der Waals surface area contributed by atoms with Crippen molar-refractivity contribution in [2.75, 3.05) is 46.6 Å². The van der Waals surface area contributed by atoms with Gasteiger partial charge >= 0.3 is 0 Å². The van der Waals surface area contributed by atoms with Crippen LogP contribution in [0.3, 0.4) is 0 Å². The number of benzene rings is 3. The van der Waals surface area contributed by atoms with Crippen LogP contribution < -0.4 is 14.2 Å². The van der Waals surface area contributed by atoms with Crippen molar-refractivity contribution in [3.05, 3.63) is 77.7 Å². The van der Waals surface area contributed by atoms with E-state index in [0.717, 1.165) is 44.8 Å². The van der Waals surface area contributed by atoms with Crippen LogP contribution in [0.4, 0.5) is 10.1 Å². The molecule has 3 aromatic carbocycles. The van der Waals surface area contributed by atoms with Gasteiger partial charge in [-0.25, -0.2) is 4.39 Å². The van der Waals surface area contributed by atoms with Gasteiger partial charge < -0.3 is 29.0 Å². The fourth-order valence-corrected chi connectivity index (χ4v) is 5.33. The van der Waals surface area contributed by atoms with Crippen molar-refractivity contribution in [3.8, 4) is 28.9 Å². The SMILES string of the molecule is COc1cc2c(Oc3ccc(CC(=O)N=Nc4c(O)[nH]c5ccc(C)cc45)cc3F)ccnc2cc1OCCCN1CCOCC1. The predicted octanol–water partition coefficient (Wildman–Crippen LogP) is 6.62. The molecule has 1 fully saturated rings. The lowest BCUT2D eigenvalue weighted by molar-refractivity contribution is -0.117. The number of carbonyl (C=O) groups excluding carboxylic acids is 1. The summed E-state index contributed by atoms with van der Waals surface area (Å²) in [5.74, 6) is 0.00344. The number of hydrogen-bond acceptors (Lipinski definition) is 9. The molecule has 1 aliphatic rings. The van der Waals surface area contributed by atoms with Crippen molar-refractivity contribution in [2.24, 2.45) is 10.2 Å². The third-order valence-corrected chi connectivity index (χ3v) is 7.71. The zero-order valence-electron chi connectivity index (χ0n) is 25.6. The summed E-state index contributed by atoms with van der Waals surface area (Å²) < 4.78 is 38.2. The van der Waals surface area contributed by atoms with Gasteiger partial charge in [-0.3, -0.25) is 14.7 Å². The van der Waals surface area contributed by atoms with E-state index in [2.05, 4.69) is 25.1 Å². The summed E-state index contributed by atoms with van der Waals surface area (Å²) in [5.41, 5.74) is 2.81. The number of ether oxygens (including phenoxy) is 4. The normalized spacial score (nSPS) is 13.9. The van der Waals surface area contributed by atoms with Gasteiger partial charge in [-0.05, 0) is 55.3 Å².